The number of carbonyl (C=O) groups excluding carboxylic acids is 1. The molecule has 1 heterocycles. The summed E-state index contributed by atoms with van der Waals surface area (Å²) in [6, 6.07) is 0. The van der Waals surface area contributed by atoms with E-state index in [-0.39, 0.29) is 11.5 Å². The number of hydrogen-bond donors (Lipinski definition) is 1. The highest BCUT2D eigenvalue weighted by molar-refractivity contribution is 5.70. The predicted octanol–water partition coefficient (Wildman–Crippen LogP) is 2.30. The third-order valence-electron chi connectivity index (χ3n) is 4.56. The van der Waals surface area contributed by atoms with E-state index < -0.39 is 0 Å². The quantitative estimate of drug-likeness (QED) is 0.811. The summed E-state index contributed by atoms with van der Waals surface area (Å²) in [5, 5.41) is 7.52. The van der Waals surface area contributed by atoms with Gasteiger partial charge in [0, 0.05) is 11.5 Å². The molecule has 0 spiro atoms. The summed E-state index contributed by atoms with van der Waals surface area (Å²) in [6.45, 7) is 0.525. The van der Waals surface area contributed by atoms with Gasteiger partial charge in [-0.05, 0) is 25.7 Å². The minimum absolute atomic E-state index is 0.159. The van der Waals surface area contributed by atoms with Crippen LogP contribution in [0.2, 0.25) is 0 Å². The van der Waals surface area contributed by atoms with Crippen LogP contribution in [-0.4, -0.2) is 28.8 Å². The number of methoxy groups -OCH3 is 1. The minimum Gasteiger partial charge on any atom is -0.469 e. The Kier molecular flexibility index (Phi) is 4.24. The fourth-order valence-electron chi connectivity index (χ4n) is 3.10. The highest BCUT2D eigenvalue weighted by atomic mass is 16.5. The van der Waals surface area contributed by atoms with Gasteiger partial charge in [-0.25, -0.2) is 0 Å². The van der Waals surface area contributed by atoms with Crippen LogP contribution in [0.3, 0.4) is 0 Å². The highest BCUT2D eigenvalue weighted by Gasteiger charge is 2.35. The van der Waals surface area contributed by atoms with Crippen molar-refractivity contribution in [3.8, 4) is 0 Å². The Morgan fingerprint density at radius 2 is 2.14 bits per heavy atom. The molecule has 1 aromatic heterocycles. The molecule has 1 N–H and O–H groups in total. The van der Waals surface area contributed by atoms with Gasteiger partial charge >= 0.3 is 5.97 Å². The van der Waals surface area contributed by atoms with Crippen molar-refractivity contribution in [2.45, 2.75) is 69.4 Å². The third kappa shape index (κ3) is 3.61. The van der Waals surface area contributed by atoms with Crippen molar-refractivity contribution in [1.29, 1.82) is 0 Å². The molecule has 0 radical (unpaired) electrons. The van der Waals surface area contributed by atoms with Crippen molar-refractivity contribution in [3.05, 3.63) is 11.7 Å². The van der Waals surface area contributed by atoms with Crippen molar-refractivity contribution in [2.24, 2.45) is 0 Å². The first-order valence-corrected chi connectivity index (χ1v) is 7.85. The molecule has 2 fully saturated rings. The molecule has 0 aromatic carbocycles. The molecule has 21 heavy (non-hydrogen) atoms. The maximum absolute atomic E-state index is 11.7. The van der Waals surface area contributed by atoms with Crippen LogP contribution in [0.15, 0.2) is 4.52 Å². The molecule has 0 amide bonds. The number of nitrogens with zero attached hydrogens (tertiary/aromatic N) is 2. The average molecular weight is 293 g/mol. The van der Waals surface area contributed by atoms with E-state index in [1.807, 2.05) is 0 Å². The summed E-state index contributed by atoms with van der Waals surface area (Å²) in [7, 11) is 1.44. The number of nitrogens with one attached hydrogen (secondary N) is 1. The Morgan fingerprint density at radius 3 is 2.81 bits per heavy atom. The minimum atomic E-state index is -0.181. The van der Waals surface area contributed by atoms with Crippen molar-refractivity contribution in [1.82, 2.24) is 15.5 Å². The zero-order valence-electron chi connectivity index (χ0n) is 12.6. The summed E-state index contributed by atoms with van der Waals surface area (Å²) in [6.07, 6.45) is 8.24. The van der Waals surface area contributed by atoms with Gasteiger partial charge in [-0.15, -0.1) is 0 Å². The standard InChI is InChI=1S/C15H23N3O3/c1-20-13(19)9-15(7-3-2-4-8-15)16-10-12-17-14(18-21-12)11-5-6-11/h11,16H,2-10H2,1H3. The molecule has 1 aromatic rings. The highest BCUT2D eigenvalue weighted by Crippen LogP contribution is 2.38. The second kappa shape index (κ2) is 6.13. The Balaban J connectivity index is 1.61. The first kappa shape index (κ1) is 14.5. The topological polar surface area (TPSA) is 77.2 Å². The van der Waals surface area contributed by atoms with Crippen molar-refractivity contribution in [2.75, 3.05) is 7.11 Å². The van der Waals surface area contributed by atoms with Crippen LogP contribution in [0.4, 0.5) is 0 Å². The zero-order chi connectivity index (χ0) is 14.7. The zero-order valence-corrected chi connectivity index (χ0v) is 12.6. The van der Waals surface area contributed by atoms with E-state index >= 15 is 0 Å². The van der Waals surface area contributed by atoms with Crippen LogP contribution in [0.1, 0.15) is 69.0 Å². The van der Waals surface area contributed by atoms with Gasteiger partial charge in [0.2, 0.25) is 5.89 Å². The molecular formula is C15H23N3O3. The molecule has 0 aliphatic heterocycles. The van der Waals surface area contributed by atoms with Gasteiger partial charge in [0.1, 0.15) is 0 Å². The molecule has 0 unspecified atom stereocenters. The van der Waals surface area contributed by atoms with E-state index in [1.54, 1.807) is 0 Å². The molecule has 2 aliphatic carbocycles. The number of aromatic nitrogens is 2. The number of esters is 1. The molecule has 0 atom stereocenters. The largest absolute Gasteiger partial charge is 0.469 e. The van der Waals surface area contributed by atoms with Crippen molar-refractivity contribution < 1.29 is 14.1 Å². The van der Waals surface area contributed by atoms with Crippen LogP contribution < -0.4 is 5.32 Å². The van der Waals surface area contributed by atoms with E-state index in [9.17, 15) is 4.79 Å². The number of rotatable bonds is 6. The summed E-state index contributed by atoms with van der Waals surface area (Å²) in [5.74, 6) is 1.79. The summed E-state index contributed by atoms with van der Waals surface area (Å²) >= 11 is 0. The Labute approximate surface area is 124 Å². The SMILES string of the molecule is COC(=O)CC1(NCc2nc(C3CC3)no2)CCCCC1. The lowest BCUT2D eigenvalue weighted by atomic mass is 9.79. The summed E-state index contributed by atoms with van der Waals surface area (Å²) in [4.78, 5) is 16.1. The maximum atomic E-state index is 11.7. The predicted molar refractivity (Wildman–Crippen MR) is 75.6 cm³/mol. The molecule has 3 rings (SSSR count). The Morgan fingerprint density at radius 1 is 1.38 bits per heavy atom. The molecular weight excluding hydrogens is 270 g/mol. The lowest BCUT2D eigenvalue weighted by molar-refractivity contribution is -0.142. The third-order valence-corrected chi connectivity index (χ3v) is 4.56. The Hall–Kier alpha value is -1.43. The normalized spacial score (nSPS) is 21.2. The van der Waals surface area contributed by atoms with Crippen molar-refractivity contribution >= 4 is 5.97 Å². The first-order chi connectivity index (χ1) is 10.2. The summed E-state index contributed by atoms with van der Waals surface area (Å²) < 4.78 is 10.1. The number of hydrogen-bond acceptors (Lipinski definition) is 6. The first-order valence-electron chi connectivity index (χ1n) is 7.85. The molecule has 2 saturated carbocycles. The second-order valence-corrected chi connectivity index (χ2v) is 6.27. The maximum Gasteiger partial charge on any atom is 0.307 e. The fraction of sp³-hybridized carbons (Fsp3) is 0.800. The monoisotopic (exact) mass is 293 g/mol. The van der Waals surface area contributed by atoms with Gasteiger partial charge in [-0.3, -0.25) is 4.79 Å². The van der Waals surface area contributed by atoms with Gasteiger partial charge in [0.05, 0.1) is 20.1 Å². The van der Waals surface area contributed by atoms with Crippen molar-refractivity contribution in [3.63, 3.8) is 0 Å². The smallest absolute Gasteiger partial charge is 0.307 e. The molecule has 6 nitrogen and oxygen atoms in total. The summed E-state index contributed by atoms with van der Waals surface area (Å²) in [5.41, 5.74) is -0.181. The van der Waals surface area contributed by atoms with Crippen LogP contribution in [0, 0.1) is 0 Å². The Bertz CT molecular complexity index is 490. The van der Waals surface area contributed by atoms with Crippen LogP contribution in [0.5, 0.6) is 0 Å². The van der Waals surface area contributed by atoms with Crippen LogP contribution in [0.25, 0.3) is 0 Å². The van der Waals surface area contributed by atoms with E-state index in [1.165, 1.54) is 26.4 Å². The molecule has 0 bridgehead atoms. The molecule has 6 heteroatoms. The number of ether oxygens (including phenoxy) is 1. The molecule has 116 valence electrons. The second-order valence-electron chi connectivity index (χ2n) is 6.27. The van der Waals surface area contributed by atoms with E-state index in [4.69, 9.17) is 9.26 Å². The van der Waals surface area contributed by atoms with E-state index in [0.29, 0.717) is 24.8 Å². The van der Waals surface area contributed by atoms with E-state index in [0.717, 1.165) is 31.5 Å². The van der Waals surface area contributed by atoms with E-state index in [2.05, 4.69) is 15.5 Å². The average Bonchev–Trinajstić information content (AvgIpc) is 3.25. The van der Waals surface area contributed by atoms with Gasteiger partial charge in [0.15, 0.2) is 5.82 Å². The lowest BCUT2D eigenvalue weighted by Crippen LogP contribution is -2.48. The van der Waals surface area contributed by atoms with Gasteiger partial charge in [-0.1, -0.05) is 24.4 Å². The van der Waals surface area contributed by atoms with Gasteiger partial charge in [0.25, 0.3) is 0 Å². The molecule has 0 saturated heterocycles. The fourth-order valence-corrected chi connectivity index (χ4v) is 3.10. The van der Waals surface area contributed by atoms with Gasteiger partial charge in [-0.2, -0.15) is 4.98 Å². The van der Waals surface area contributed by atoms with Gasteiger partial charge < -0.3 is 14.6 Å². The van der Waals surface area contributed by atoms with Crippen LogP contribution in [-0.2, 0) is 16.1 Å². The molecule has 2 aliphatic rings. The number of carbonyl (C=O) groups is 1. The lowest BCUT2D eigenvalue weighted by Gasteiger charge is -2.37. The van der Waals surface area contributed by atoms with Crippen LogP contribution >= 0.6 is 0 Å².